The molecule has 0 saturated carbocycles. The Kier molecular flexibility index (Phi) is 4.93. The molecule has 2 heteroatoms. The minimum atomic E-state index is 0.128. The SMILES string of the molecule is CNCCC=Cc1ccc(C(C)=O)c(C)c1. The zero-order chi connectivity index (χ0) is 12.0. The first-order chi connectivity index (χ1) is 7.65. The maximum Gasteiger partial charge on any atom is 0.160 e. The number of carbonyl (C=O) groups excluding carboxylic acids is 1. The Labute approximate surface area is 97.4 Å². The molecular weight excluding hydrogens is 198 g/mol. The van der Waals surface area contributed by atoms with E-state index in [9.17, 15) is 4.79 Å². The average Bonchev–Trinajstić information content (AvgIpc) is 2.24. The zero-order valence-corrected chi connectivity index (χ0v) is 10.2. The van der Waals surface area contributed by atoms with Gasteiger partial charge in [0.25, 0.3) is 0 Å². The first-order valence-electron chi connectivity index (χ1n) is 5.58. The predicted octanol–water partition coefficient (Wildman–Crippen LogP) is 2.82. The second-order valence-electron chi connectivity index (χ2n) is 3.93. The van der Waals surface area contributed by atoms with Crippen LogP contribution in [0, 0.1) is 6.92 Å². The van der Waals surface area contributed by atoms with Crippen LogP contribution < -0.4 is 5.32 Å². The Morgan fingerprint density at radius 3 is 2.75 bits per heavy atom. The van der Waals surface area contributed by atoms with E-state index in [-0.39, 0.29) is 5.78 Å². The van der Waals surface area contributed by atoms with E-state index in [2.05, 4.69) is 17.5 Å². The van der Waals surface area contributed by atoms with Gasteiger partial charge in [-0.1, -0.05) is 30.4 Å². The van der Waals surface area contributed by atoms with Crippen molar-refractivity contribution in [3.63, 3.8) is 0 Å². The topological polar surface area (TPSA) is 29.1 Å². The van der Waals surface area contributed by atoms with Crippen LogP contribution in [0.1, 0.15) is 34.8 Å². The largest absolute Gasteiger partial charge is 0.319 e. The first-order valence-corrected chi connectivity index (χ1v) is 5.58. The Hall–Kier alpha value is -1.41. The summed E-state index contributed by atoms with van der Waals surface area (Å²) < 4.78 is 0. The average molecular weight is 217 g/mol. The molecule has 16 heavy (non-hydrogen) atoms. The second kappa shape index (κ2) is 6.23. The maximum atomic E-state index is 11.3. The lowest BCUT2D eigenvalue weighted by Crippen LogP contribution is -2.05. The monoisotopic (exact) mass is 217 g/mol. The summed E-state index contributed by atoms with van der Waals surface area (Å²) in [5.74, 6) is 0.128. The summed E-state index contributed by atoms with van der Waals surface area (Å²) in [6.07, 6.45) is 5.25. The third-order valence-electron chi connectivity index (χ3n) is 2.50. The fraction of sp³-hybridized carbons (Fsp3) is 0.357. The minimum absolute atomic E-state index is 0.128. The summed E-state index contributed by atoms with van der Waals surface area (Å²) in [6.45, 7) is 4.56. The molecule has 0 aliphatic heterocycles. The quantitative estimate of drug-likeness (QED) is 0.607. The molecule has 0 atom stereocenters. The van der Waals surface area contributed by atoms with Gasteiger partial charge in [0, 0.05) is 5.56 Å². The number of ketones is 1. The van der Waals surface area contributed by atoms with Crippen molar-refractivity contribution in [2.24, 2.45) is 0 Å². The molecule has 2 nitrogen and oxygen atoms in total. The molecule has 1 aromatic rings. The van der Waals surface area contributed by atoms with Crippen molar-refractivity contribution in [3.8, 4) is 0 Å². The van der Waals surface area contributed by atoms with Crippen molar-refractivity contribution in [2.75, 3.05) is 13.6 Å². The van der Waals surface area contributed by atoms with Gasteiger partial charge in [-0.05, 0) is 45.0 Å². The van der Waals surface area contributed by atoms with Gasteiger partial charge in [0.15, 0.2) is 5.78 Å². The molecule has 0 bridgehead atoms. The van der Waals surface area contributed by atoms with Gasteiger partial charge >= 0.3 is 0 Å². The molecule has 0 aromatic heterocycles. The van der Waals surface area contributed by atoms with Crippen LogP contribution >= 0.6 is 0 Å². The Morgan fingerprint density at radius 2 is 2.19 bits per heavy atom. The van der Waals surface area contributed by atoms with Gasteiger partial charge in [-0.25, -0.2) is 0 Å². The van der Waals surface area contributed by atoms with E-state index in [1.165, 1.54) is 0 Å². The molecule has 0 aliphatic carbocycles. The highest BCUT2D eigenvalue weighted by molar-refractivity contribution is 5.95. The van der Waals surface area contributed by atoms with Crippen LogP contribution in [-0.2, 0) is 0 Å². The van der Waals surface area contributed by atoms with E-state index >= 15 is 0 Å². The molecular formula is C14H19NO. The highest BCUT2D eigenvalue weighted by Gasteiger charge is 2.02. The van der Waals surface area contributed by atoms with Crippen molar-refractivity contribution in [2.45, 2.75) is 20.3 Å². The maximum absolute atomic E-state index is 11.3. The van der Waals surface area contributed by atoms with E-state index in [0.717, 1.165) is 29.7 Å². The minimum Gasteiger partial charge on any atom is -0.319 e. The Balaban J connectivity index is 2.73. The molecule has 0 aliphatic rings. The van der Waals surface area contributed by atoms with Crippen LogP contribution in [-0.4, -0.2) is 19.4 Å². The normalized spacial score (nSPS) is 10.9. The van der Waals surface area contributed by atoms with E-state index in [1.54, 1.807) is 6.92 Å². The summed E-state index contributed by atoms with van der Waals surface area (Å²) in [5.41, 5.74) is 3.01. The predicted molar refractivity (Wildman–Crippen MR) is 68.8 cm³/mol. The van der Waals surface area contributed by atoms with Gasteiger partial charge in [0.2, 0.25) is 0 Å². The lowest BCUT2D eigenvalue weighted by atomic mass is 10.0. The highest BCUT2D eigenvalue weighted by atomic mass is 16.1. The van der Waals surface area contributed by atoms with Crippen LogP contribution in [0.15, 0.2) is 24.3 Å². The van der Waals surface area contributed by atoms with Gasteiger partial charge in [-0.15, -0.1) is 0 Å². The van der Waals surface area contributed by atoms with Crippen LogP contribution in [0.2, 0.25) is 0 Å². The van der Waals surface area contributed by atoms with Crippen molar-refractivity contribution < 1.29 is 4.79 Å². The lowest BCUT2D eigenvalue weighted by Gasteiger charge is -2.02. The zero-order valence-electron chi connectivity index (χ0n) is 10.2. The molecule has 1 rings (SSSR count). The fourth-order valence-corrected chi connectivity index (χ4v) is 1.63. The molecule has 1 aromatic carbocycles. The molecule has 0 fully saturated rings. The molecule has 0 heterocycles. The lowest BCUT2D eigenvalue weighted by molar-refractivity contribution is 0.101. The van der Waals surface area contributed by atoms with Gasteiger partial charge in [0.05, 0.1) is 0 Å². The first kappa shape index (κ1) is 12.7. The highest BCUT2D eigenvalue weighted by Crippen LogP contribution is 2.13. The summed E-state index contributed by atoms with van der Waals surface area (Å²) in [4.78, 5) is 11.3. The molecule has 1 N–H and O–H groups in total. The van der Waals surface area contributed by atoms with Crippen molar-refractivity contribution >= 4 is 11.9 Å². The molecule has 0 unspecified atom stereocenters. The number of benzene rings is 1. The summed E-state index contributed by atoms with van der Waals surface area (Å²) >= 11 is 0. The number of hydrogen-bond donors (Lipinski definition) is 1. The molecule has 0 radical (unpaired) electrons. The van der Waals surface area contributed by atoms with Gasteiger partial charge in [0.1, 0.15) is 0 Å². The van der Waals surface area contributed by atoms with Crippen molar-refractivity contribution in [3.05, 3.63) is 41.0 Å². The van der Waals surface area contributed by atoms with Crippen molar-refractivity contribution in [1.29, 1.82) is 0 Å². The van der Waals surface area contributed by atoms with Gasteiger partial charge in [-0.2, -0.15) is 0 Å². The van der Waals surface area contributed by atoms with Crippen LogP contribution in [0.25, 0.3) is 6.08 Å². The number of Topliss-reactive ketones (excluding diaryl/α,β-unsaturated/α-hetero) is 1. The number of rotatable bonds is 5. The van der Waals surface area contributed by atoms with Crippen LogP contribution in [0.4, 0.5) is 0 Å². The standard InChI is InChI=1S/C14H19NO/c1-11-10-13(6-4-5-9-15-3)7-8-14(11)12(2)16/h4,6-8,10,15H,5,9H2,1-3H3. The molecule has 86 valence electrons. The third-order valence-corrected chi connectivity index (χ3v) is 2.50. The Morgan fingerprint density at radius 1 is 1.44 bits per heavy atom. The molecule has 0 saturated heterocycles. The summed E-state index contributed by atoms with van der Waals surface area (Å²) in [5, 5.41) is 3.09. The number of nitrogens with one attached hydrogen (secondary N) is 1. The third kappa shape index (κ3) is 3.63. The summed E-state index contributed by atoms with van der Waals surface area (Å²) in [7, 11) is 1.94. The summed E-state index contributed by atoms with van der Waals surface area (Å²) in [6, 6.07) is 5.93. The van der Waals surface area contributed by atoms with E-state index < -0.39 is 0 Å². The van der Waals surface area contributed by atoms with Gasteiger partial charge in [-0.3, -0.25) is 4.79 Å². The molecule has 0 amide bonds. The smallest absolute Gasteiger partial charge is 0.160 e. The van der Waals surface area contributed by atoms with E-state index in [0.29, 0.717) is 0 Å². The molecule has 0 spiro atoms. The van der Waals surface area contributed by atoms with Crippen LogP contribution in [0.3, 0.4) is 0 Å². The van der Waals surface area contributed by atoms with E-state index in [4.69, 9.17) is 0 Å². The van der Waals surface area contributed by atoms with Crippen LogP contribution in [0.5, 0.6) is 0 Å². The number of hydrogen-bond acceptors (Lipinski definition) is 2. The fourth-order valence-electron chi connectivity index (χ4n) is 1.63. The number of aryl methyl sites for hydroxylation is 1. The van der Waals surface area contributed by atoms with Crippen molar-refractivity contribution in [1.82, 2.24) is 5.32 Å². The second-order valence-corrected chi connectivity index (χ2v) is 3.93. The Bertz CT molecular complexity index is 394. The van der Waals surface area contributed by atoms with E-state index in [1.807, 2.05) is 32.2 Å². The van der Waals surface area contributed by atoms with Gasteiger partial charge < -0.3 is 5.32 Å². The number of carbonyl (C=O) groups is 1.